The second-order valence-electron chi connectivity index (χ2n) is 6.25. The van der Waals surface area contributed by atoms with Crippen molar-refractivity contribution in [2.24, 2.45) is 0 Å². The highest BCUT2D eigenvalue weighted by atomic mass is 16.5. The van der Waals surface area contributed by atoms with Gasteiger partial charge in [-0.15, -0.1) is 0 Å². The fourth-order valence-electron chi connectivity index (χ4n) is 3.12. The number of esters is 1. The van der Waals surface area contributed by atoms with Gasteiger partial charge in [0, 0.05) is 26.2 Å². The Balaban J connectivity index is 1.38. The van der Waals surface area contributed by atoms with Crippen molar-refractivity contribution < 1.29 is 13.9 Å². The van der Waals surface area contributed by atoms with Crippen LogP contribution in [0.1, 0.15) is 16.3 Å². The molecule has 1 fully saturated rings. The van der Waals surface area contributed by atoms with E-state index in [1.54, 1.807) is 10.7 Å². The van der Waals surface area contributed by atoms with Gasteiger partial charge >= 0.3 is 5.97 Å². The number of piperazine rings is 1. The number of aromatic nitrogens is 4. The second kappa shape index (κ2) is 7.58. The van der Waals surface area contributed by atoms with Gasteiger partial charge < -0.3 is 14.1 Å². The van der Waals surface area contributed by atoms with E-state index in [4.69, 9.17) is 4.42 Å². The Kier molecular flexibility index (Phi) is 4.84. The molecule has 0 bridgehead atoms. The molecule has 9 nitrogen and oxygen atoms in total. The van der Waals surface area contributed by atoms with Crippen molar-refractivity contribution in [2.45, 2.75) is 6.54 Å². The summed E-state index contributed by atoms with van der Waals surface area (Å²) in [6, 6.07) is 13.3. The number of methoxy groups -OCH3 is 1. The molecule has 1 aliphatic rings. The molecule has 140 valence electrons. The molecule has 9 heteroatoms. The highest BCUT2D eigenvalue weighted by Gasteiger charge is 2.23. The number of carbonyl (C=O) groups is 1. The highest BCUT2D eigenvalue weighted by Crippen LogP contribution is 2.18. The van der Waals surface area contributed by atoms with Gasteiger partial charge in [-0.25, -0.2) is 4.79 Å². The van der Waals surface area contributed by atoms with Crippen molar-refractivity contribution in [3.63, 3.8) is 0 Å². The van der Waals surface area contributed by atoms with E-state index in [9.17, 15) is 4.79 Å². The summed E-state index contributed by atoms with van der Waals surface area (Å²) in [6.45, 7) is 3.94. The van der Waals surface area contributed by atoms with E-state index in [-0.39, 0.29) is 5.76 Å². The molecule has 1 saturated heterocycles. The van der Waals surface area contributed by atoms with Crippen molar-refractivity contribution in [3.8, 4) is 5.69 Å². The molecule has 0 aliphatic carbocycles. The number of hydrogen-bond acceptors (Lipinski definition) is 8. The molecule has 0 radical (unpaired) electrons. The zero-order valence-electron chi connectivity index (χ0n) is 15.0. The molecule has 0 N–H and O–H groups in total. The van der Waals surface area contributed by atoms with Crippen LogP contribution in [0.3, 0.4) is 0 Å². The Morgan fingerprint density at radius 3 is 2.63 bits per heavy atom. The van der Waals surface area contributed by atoms with Crippen molar-refractivity contribution in [1.29, 1.82) is 0 Å². The third-order valence-electron chi connectivity index (χ3n) is 4.54. The number of para-hydroxylation sites is 1. The topological polar surface area (TPSA) is 89.5 Å². The monoisotopic (exact) mass is 368 g/mol. The van der Waals surface area contributed by atoms with Gasteiger partial charge in [-0.05, 0) is 34.7 Å². The molecular weight excluding hydrogens is 348 g/mol. The van der Waals surface area contributed by atoms with Gasteiger partial charge in [-0.1, -0.05) is 23.3 Å². The minimum absolute atomic E-state index is 0.230. The first-order chi connectivity index (χ1) is 13.2. The summed E-state index contributed by atoms with van der Waals surface area (Å²) < 4.78 is 12.0. The summed E-state index contributed by atoms with van der Waals surface area (Å²) in [5.41, 5.74) is 0.936. The summed E-state index contributed by atoms with van der Waals surface area (Å²) in [7, 11) is 1.34. The lowest BCUT2D eigenvalue weighted by Crippen LogP contribution is -2.46. The van der Waals surface area contributed by atoms with Crippen LogP contribution in [-0.4, -0.2) is 64.4 Å². The number of furan rings is 1. The van der Waals surface area contributed by atoms with E-state index >= 15 is 0 Å². The first-order valence-corrected chi connectivity index (χ1v) is 8.73. The minimum atomic E-state index is -0.459. The maximum absolute atomic E-state index is 11.5. The Morgan fingerprint density at radius 1 is 1.11 bits per heavy atom. The van der Waals surface area contributed by atoms with Crippen LogP contribution in [0.4, 0.5) is 5.95 Å². The molecule has 1 aliphatic heterocycles. The molecule has 0 amide bonds. The van der Waals surface area contributed by atoms with E-state index in [1.807, 2.05) is 36.4 Å². The van der Waals surface area contributed by atoms with E-state index in [0.717, 1.165) is 43.6 Å². The van der Waals surface area contributed by atoms with Gasteiger partial charge in [-0.2, -0.15) is 4.68 Å². The fraction of sp³-hybridized carbons (Fsp3) is 0.333. The zero-order chi connectivity index (χ0) is 18.6. The van der Waals surface area contributed by atoms with Gasteiger partial charge in [0.2, 0.25) is 11.7 Å². The predicted molar refractivity (Wildman–Crippen MR) is 96.7 cm³/mol. The van der Waals surface area contributed by atoms with Crippen LogP contribution in [0.15, 0.2) is 46.9 Å². The van der Waals surface area contributed by atoms with Crippen molar-refractivity contribution in [1.82, 2.24) is 25.1 Å². The van der Waals surface area contributed by atoms with Gasteiger partial charge in [0.15, 0.2) is 0 Å². The average molecular weight is 368 g/mol. The molecule has 0 saturated carbocycles. The van der Waals surface area contributed by atoms with Gasteiger partial charge in [0.05, 0.1) is 19.3 Å². The molecule has 27 heavy (non-hydrogen) atoms. The Labute approximate surface area is 156 Å². The third-order valence-corrected chi connectivity index (χ3v) is 4.54. The number of nitrogens with zero attached hydrogens (tertiary/aromatic N) is 6. The smallest absolute Gasteiger partial charge is 0.373 e. The largest absolute Gasteiger partial charge is 0.463 e. The number of carbonyl (C=O) groups excluding carboxylic acids is 1. The Morgan fingerprint density at radius 2 is 1.89 bits per heavy atom. The number of anilines is 1. The number of hydrogen-bond donors (Lipinski definition) is 0. The molecular formula is C18H20N6O3. The van der Waals surface area contributed by atoms with Crippen LogP contribution in [0.5, 0.6) is 0 Å². The van der Waals surface area contributed by atoms with Crippen LogP contribution in [-0.2, 0) is 11.3 Å². The summed E-state index contributed by atoms with van der Waals surface area (Å²) in [5.74, 6) is 1.26. The Bertz CT molecular complexity index is 899. The maximum Gasteiger partial charge on any atom is 0.373 e. The highest BCUT2D eigenvalue weighted by molar-refractivity contribution is 5.86. The second-order valence-corrected chi connectivity index (χ2v) is 6.25. The summed E-state index contributed by atoms with van der Waals surface area (Å²) in [5, 5.41) is 12.2. The molecule has 3 heterocycles. The van der Waals surface area contributed by atoms with Crippen molar-refractivity contribution in [3.05, 3.63) is 54.0 Å². The number of benzene rings is 1. The molecule has 0 spiro atoms. The van der Waals surface area contributed by atoms with Crippen LogP contribution >= 0.6 is 0 Å². The predicted octanol–water partition coefficient (Wildman–Crippen LogP) is 1.36. The Hall–Kier alpha value is -3.20. The molecule has 0 unspecified atom stereocenters. The number of tetrazole rings is 1. The van der Waals surface area contributed by atoms with Crippen LogP contribution in [0, 0.1) is 0 Å². The van der Waals surface area contributed by atoms with Gasteiger partial charge in [0.1, 0.15) is 5.76 Å². The lowest BCUT2D eigenvalue weighted by molar-refractivity contribution is 0.0561. The van der Waals surface area contributed by atoms with E-state index in [2.05, 4.69) is 30.1 Å². The standard InChI is InChI=1S/C18H20N6O3/c1-26-17(25)16-8-7-15(27-16)13-22-9-11-23(12-10-22)18-19-20-21-24(18)14-5-3-2-4-6-14/h2-8H,9-13H2,1H3. The fourth-order valence-corrected chi connectivity index (χ4v) is 3.12. The first-order valence-electron chi connectivity index (χ1n) is 8.73. The van der Waals surface area contributed by atoms with Gasteiger partial charge in [-0.3, -0.25) is 4.90 Å². The van der Waals surface area contributed by atoms with Crippen molar-refractivity contribution in [2.75, 3.05) is 38.2 Å². The zero-order valence-corrected chi connectivity index (χ0v) is 15.0. The lowest BCUT2D eigenvalue weighted by Gasteiger charge is -2.34. The summed E-state index contributed by atoms with van der Waals surface area (Å²) in [4.78, 5) is 15.9. The molecule has 4 rings (SSSR count). The molecule has 3 aromatic rings. The molecule has 0 atom stereocenters. The quantitative estimate of drug-likeness (QED) is 0.624. The van der Waals surface area contributed by atoms with E-state index < -0.39 is 5.97 Å². The van der Waals surface area contributed by atoms with Gasteiger partial charge in [0.25, 0.3) is 0 Å². The third kappa shape index (κ3) is 3.68. The van der Waals surface area contributed by atoms with E-state index in [1.165, 1.54) is 7.11 Å². The van der Waals surface area contributed by atoms with E-state index in [0.29, 0.717) is 6.54 Å². The molecule has 1 aromatic carbocycles. The van der Waals surface area contributed by atoms with Crippen LogP contribution < -0.4 is 4.90 Å². The maximum atomic E-state index is 11.5. The molecule has 2 aromatic heterocycles. The number of rotatable bonds is 5. The van der Waals surface area contributed by atoms with Crippen LogP contribution in [0.2, 0.25) is 0 Å². The average Bonchev–Trinajstić information content (AvgIpc) is 3.38. The first kappa shape index (κ1) is 17.2. The number of ether oxygens (including phenoxy) is 1. The SMILES string of the molecule is COC(=O)c1ccc(CN2CCN(c3nnnn3-c3ccccc3)CC2)o1. The minimum Gasteiger partial charge on any atom is -0.463 e. The van der Waals surface area contributed by atoms with Crippen LogP contribution in [0.25, 0.3) is 5.69 Å². The van der Waals surface area contributed by atoms with Crippen molar-refractivity contribution >= 4 is 11.9 Å². The summed E-state index contributed by atoms with van der Waals surface area (Å²) >= 11 is 0. The normalized spacial score (nSPS) is 15.1. The lowest BCUT2D eigenvalue weighted by atomic mass is 10.3. The summed E-state index contributed by atoms with van der Waals surface area (Å²) in [6.07, 6.45) is 0.